The van der Waals surface area contributed by atoms with Crippen LogP contribution in [0.2, 0.25) is 0 Å². The van der Waals surface area contributed by atoms with E-state index in [-0.39, 0.29) is 17.9 Å². The SMILES string of the molecule is COc1ccc(-c2noc(CN3CCCC(C(=O)NC(c4ccccc4)c4ccccc4C)C3)n2)cc1. The molecular formula is C30H32N4O3. The lowest BCUT2D eigenvalue weighted by Crippen LogP contribution is -2.44. The summed E-state index contributed by atoms with van der Waals surface area (Å²) in [5.74, 6) is 1.85. The van der Waals surface area contributed by atoms with Crippen molar-refractivity contribution in [3.05, 3.63) is 101 Å². The quantitative estimate of drug-likeness (QED) is 0.362. The maximum absolute atomic E-state index is 13.5. The Hall–Kier alpha value is -3.97. The molecule has 7 heteroatoms. The third-order valence-electron chi connectivity index (χ3n) is 6.97. The van der Waals surface area contributed by atoms with E-state index < -0.39 is 0 Å². The van der Waals surface area contributed by atoms with Gasteiger partial charge in [-0.1, -0.05) is 59.8 Å². The van der Waals surface area contributed by atoms with Crippen molar-refractivity contribution in [2.24, 2.45) is 5.92 Å². The number of aryl methyl sites for hydroxylation is 1. The van der Waals surface area contributed by atoms with Crippen LogP contribution in [0.3, 0.4) is 0 Å². The van der Waals surface area contributed by atoms with Crippen LogP contribution < -0.4 is 10.1 Å². The Kier molecular flexibility index (Phi) is 7.61. The molecule has 1 N–H and O–H groups in total. The Balaban J connectivity index is 1.25. The Morgan fingerprint density at radius 1 is 1.08 bits per heavy atom. The first-order valence-electron chi connectivity index (χ1n) is 12.7. The average molecular weight is 497 g/mol. The van der Waals surface area contributed by atoms with E-state index in [0.717, 1.165) is 47.4 Å². The molecule has 190 valence electrons. The van der Waals surface area contributed by atoms with Gasteiger partial charge in [-0.25, -0.2) is 0 Å². The molecule has 0 radical (unpaired) electrons. The van der Waals surface area contributed by atoms with E-state index in [2.05, 4.69) is 51.5 Å². The van der Waals surface area contributed by atoms with Crippen molar-refractivity contribution in [1.82, 2.24) is 20.4 Å². The molecule has 1 saturated heterocycles. The summed E-state index contributed by atoms with van der Waals surface area (Å²) in [6, 6.07) is 25.8. The van der Waals surface area contributed by atoms with Crippen LogP contribution >= 0.6 is 0 Å². The van der Waals surface area contributed by atoms with E-state index in [9.17, 15) is 4.79 Å². The summed E-state index contributed by atoms with van der Waals surface area (Å²) >= 11 is 0. The lowest BCUT2D eigenvalue weighted by molar-refractivity contribution is -0.127. The van der Waals surface area contributed by atoms with Gasteiger partial charge in [0.15, 0.2) is 0 Å². The van der Waals surface area contributed by atoms with E-state index in [1.807, 2.05) is 54.6 Å². The van der Waals surface area contributed by atoms with Crippen molar-refractivity contribution in [3.63, 3.8) is 0 Å². The predicted octanol–water partition coefficient (Wildman–Crippen LogP) is 5.17. The van der Waals surface area contributed by atoms with Crippen LogP contribution in [0.25, 0.3) is 11.4 Å². The standard InChI is InChI=1S/C30H32N4O3/c1-21-9-6-7-13-26(21)28(22-10-4-3-5-11-22)32-30(35)24-12-8-18-34(19-24)20-27-31-29(33-37-27)23-14-16-25(36-2)17-15-23/h3-7,9-11,13-17,24,28H,8,12,18-20H2,1-2H3,(H,32,35). The number of likely N-dealkylation sites (tertiary alicyclic amines) is 1. The second kappa shape index (κ2) is 11.4. The zero-order valence-corrected chi connectivity index (χ0v) is 21.3. The Morgan fingerprint density at radius 2 is 1.84 bits per heavy atom. The molecule has 0 saturated carbocycles. The second-order valence-corrected chi connectivity index (χ2v) is 9.52. The highest BCUT2D eigenvalue weighted by atomic mass is 16.5. The molecule has 0 spiro atoms. The number of hydrogen-bond donors (Lipinski definition) is 1. The summed E-state index contributed by atoms with van der Waals surface area (Å²) in [5.41, 5.74) is 4.22. The number of benzene rings is 3. The molecule has 5 rings (SSSR count). The largest absolute Gasteiger partial charge is 0.497 e. The van der Waals surface area contributed by atoms with Crippen LogP contribution in [0, 0.1) is 12.8 Å². The Morgan fingerprint density at radius 3 is 2.59 bits per heavy atom. The molecular weight excluding hydrogens is 464 g/mol. The van der Waals surface area contributed by atoms with Crippen molar-refractivity contribution in [2.45, 2.75) is 32.4 Å². The normalized spacial score (nSPS) is 16.8. The van der Waals surface area contributed by atoms with Gasteiger partial charge in [0.05, 0.1) is 25.6 Å². The smallest absolute Gasteiger partial charge is 0.241 e. The van der Waals surface area contributed by atoms with Gasteiger partial charge in [0.25, 0.3) is 0 Å². The van der Waals surface area contributed by atoms with Gasteiger partial charge < -0.3 is 14.6 Å². The number of amides is 1. The molecule has 7 nitrogen and oxygen atoms in total. The van der Waals surface area contributed by atoms with Crippen LogP contribution in [0.5, 0.6) is 5.75 Å². The molecule has 4 aromatic rings. The van der Waals surface area contributed by atoms with Crippen molar-refractivity contribution in [2.75, 3.05) is 20.2 Å². The molecule has 37 heavy (non-hydrogen) atoms. The third kappa shape index (κ3) is 5.89. The van der Waals surface area contributed by atoms with Crippen molar-refractivity contribution < 1.29 is 14.1 Å². The third-order valence-corrected chi connectivity index (χ3v) is 6.97. The van der Waals surface area contributed by atoms with Crippen LogP contribution in [0.4, 0.5) is 0 Å². The number of carbonyl (C=O) groups excluding carboxylic acids is 1. The fourth-order valence-corrected chi connectivity index (χ4v) is 4.94. The topological polar surface area (TPSA) is 80.5 Å². The highest BCUT2D eigenvalue weighted by Gasteiger charge is 2.29. The van der Waals surface area contributed by atoms with E-state index >= 15 is 0 Å². The lowest BCUT2D eigenvalue weighted by atomic mass is 9.92. The van der Waals surface area contributed by atoms with Crippen molar-refractivity contribution in [1.29, 1.82) is 0 Å². The summed E-state index contributed by atoms with van der Waals surface area (Å²) in [4.78, 5) is 20.3. The Labute approximate surface area is 217 Å². The zero-order valence-electron chi connectivity index (χ0n) is 21.3. The molecule has 2 atom stereocenters. The highest BCUT2D eigenvalue weighted by Crippen LogP contribution is 2.27. The molecule has 1 amide bonds. The van der Waals surface area contributed by atoms with Crippen molar-refractivity contribution in [3.8, 4) is 17.1 Å². The van der Waals surface area contributed by atoms with E-state index in [0.29, 0.717) is 24.8 Å². The summed E-state index contributed by atoms with van der Waals surface area (Å²) in [6.07, 6.45) is 1.80. The summed E-state index contributed by atoms with van der Waals surface area (Å²) in [5, 5.41) is 7.50. The fourth-order valence-electron chi connectivity index (χ4n) is 4.94. The van der Waals surface area contributed by atoms with Gasteiger partial charge in [0.1, 0.15) is 5.75 Å². The summed E-state index contributed by atoms with van der Waals surface area (Å²) < 4.78 is 10.7. The van der Waals surface area contributed by atoms with Gasteiger partial charge in [0.2, 0.25) is 17.6 Å². The number of methoxy groups -OCH3 is 1. The molecule has 1 aromatic heterocycles. The fraction of sp³-hybridized carbons (Fsp3) is 0.300. The molecule has 0 aliphatic carbocycles. The first-order valence-corrected chi connectivity index (χ1v) is 12.7. The van der Waals surface area contributed by atoms with Crippen LogP contribution in [0.1, 0.15) is 41.5 Å². The number of rotatable bonds is 8. The number of aromatic nitrogens is 2. The first-order chi connectivity index (χ1) is 18.1. The van der Waals surface area contributed by atoms with E-state index in [4.69, 9.17) is 9.26 Å². The molecule has 3 aromatic carbocycles. The van der Waals surface area contributed by atoms with Gasteiger partial charge in [-0.3, -0.25) is 9.69 Å². The molecule has 2 heterocycles. The lowest BCUT2D eigenvalue weighted by Gasteiger charge is -2.32. The van der Waals surface area contributed by atoms with Gasteiger partial charge in [-0.05, 0) is 67.3 Å². The van der Waals surface area contributed by atoms with Crippen LogP contribution in [-0.2, 0) is 11.3 Å². The summed E-state index contributed by atoms with van der Waals surface area (Å²) in [6.45, 7) is 4.16. The average Bonchev–Trinajstić information content (AvgIpc) is 3.41. The van der Waals surface area contributed by atoms with Gasteiger partial charge in [0, 0.05) is 12.1 Å². The zero-order chi connectivity index (χ0) is 25.6. The maximum Gasteiger partial charge on any atom is 0.241 e. The van der Waals surface area contributed by atoms with Gasteiger partial charge in [-0.15, -0.1) is 0 Å². The number of nitrogens with zero attached hydrogens (tertiary/aromatic N) is 3. The molecule has 0 bridgehead atoms. The number of piperidine rings is 1. The second-order valence-electron chi connectivity index (χ2n) is 9.52. The summed E-state index contributed by atoms with van der Waals surface area (Å²) in [7, 11) is 1.64. The first kappa shape index (κ1) is 24.7. The number of hydrogen-bond acceptors (Lipinski definition) is 6. The van der Waals surface area contributed by atoms with Gasteiger partial charge in [-0.2, -0.15) is 4.98 Å². The van der Waals surface area contributed by atoms with Crippen LogP contribution in [-0.4, -0.2) is 41.1 Å². The van der Waals surface area contributed by atoms with Gasteiger partial charge >= 0.3 is 0 Å². The molecule has 1 aliphatic rings. The number of nitrogens with one attached hydrogen (secondary N) is 1. The number of ether oxygens (including phenoxy) is 1. The molecule has 1 aliphatic heterocycles. The van der Waals surface area contributed by atoms with E-state index in [1.165, 1.54) is 0 Å². The minimum Gasteiger partial charge on any atom is -0.497 e. The monoisotopic (exact) mass is 496 g/mol. The van der Waals surface area contributed by atoms with Crippen LogP contribution in [0.15, 0.2) is 83.4 Å². The highest BCUT2D eigenvalue weighted by molar-refractivity contribution is 5.80. The minimum absolute atomic E-state index is 0.0752. The Bertz CT molecular complexity index is 1320. The van der Waals surface area contributed by atoms with E-state index in [1.54, 1.807) is 7.11 Å². The molecule has 1 fully saturated rings. The minimum atomic E-state index is -0.187. The predicted molar refractivity (Wildman–Crippen MR) is 142 cm³/mol. The van der Waals surface area contributed by atoms with Crippen molar-refractivity contribution >= 4 is 5.91 Å². The number of carbonyl (C=O) groups is 1. The molecule has 2 unspecified atom stereocenters. The maximum atomic E-state index is 13.5.